The molecule has 1 fully saturated rings. The van der Waals surface area contributed by atoms with Gasteiger partial charge in [-0.3, -0.25) is 19.6 Å². The average Bonchev–Trinajstić information content (AvgIpc) is 2.95. The molecule has 3 rings (SSSR count). The van der Waals surface area contributed by atoms with Crippen LogP contribution in [0.3, 0.4) is 0 Å². The van der Waals surface area contributed by atoms with E-state index < -0.39 is 5.91 Å². The van der Waals surface area contributed by atoms with Gasteiger partial charge in [-0.05, 0) is 30.2 Å². The maximum Gasteiger partial charge on any atom is 0.250 e. The van der Waals surface area contributed by atoms with Crippen molar-refractivity contribution in [2.45, 2.75) is 25.3 Å². The van der Waals surface area contributed by atoms with E-state index in [-0.39, 0.29) is 11.9 Å². The number of carbonyl (C=O) groups excluding carboxylic acids is 2. The zero-order valence-electron chi connectivity index (χ0n) is 12.0. The van der Waals surface area contributed by atoms with Crippen molar-refractivity contribution < 1.29 is 9.59 Å². The van der Waals surface area contributed by atoms with E-state index in [1.54, 1.807) is 24.5 Å². The summed E-state index contributed by atoms with van der Waals surface area (Å²) in [5, 5.41) is 2.89. The first-order chi connectivity index (χ1) is 10.6. The summed E-state index contributed by atoms with van der Waals surface area (Å²) in [5.41, 5.74) is 8.21. The summed E-state index contributed by atoms with van der Waals surface area (Å²) in [5.74, 6) is -0.420. The van der Waals surface area contributed by atoms with Gasteiger partial charge < -0.3 is 11.1 Å². The number of nitrogens with zero attached hydrogens (tertiary/aromatic N) is 2. The van der Waals surface area contributed by atoms with Crippen molar-refractivity contribution in [2.75, 3.05) is 0 Å². The highest BCUT2D eigenvalue weighted by Crippen LogP contribution is 2.22. The van der Waals surface area contributed by atoms with Crippen molar-refractivity contribution in [3.8, 4) is 0 Å². The number of nitrogens with two attached hydrogens (primary N) is 1. The normalized spacial score (nSPS) is 17.3. The van der Waals surface area contributed by atoms with Gasteiger partial charge in [0.1, 0.15) is 0 Å². The third-order valence-corrected chi connectivity index (χ3v) is 3.73. The SMILES string of the molecule is NC(=O)c1cccnc1Cc1ccc(C2CCC(=O)N2)nc1. The van der Waals surface area contributed by atoms with Crippen LogP contribution in [0.25, 0.3) is 0 Å². The van der Waals surface area contributed by atoms with E-state index in [2.05, 4.69) is 15.3 Å². The lowest BCUT2D eigenvalue weighted by molar-refractivity contribution is -0.119. The first-order valence-electron chi connectivity index (χ1n) is 7.11. The lowest BCUT2D eigenvalue weighted by Gasteiger charge is -2.10. The Bertz CT molecular complexity index is 712. The maximum absolute atomic E-state index is 11.4. The molecule has 1 unspecified atom stereocenters. The Balaban J connectivity index is 1.77. The number of carbonyl (C=O) groups is 2. The molecule has 6 nitrogen and oxygen atoms in total. The minimum absolute atomic E-state index is 0.00224. The van der Waals surface area contributed by atoms with Crippen LogP contribution in [-0.4, -0.2) is 21.8 Å². The molecule has 2 amide bonds. The molecule has 0 spiro atoms. The Morgan fingerprint density at radius 2 is 2.18 bits per heavy atom. The van der Waals surface area contributed by atoms with Crippen LogP contribution in [0.2, 0.25) is 0 Å². The van der Waals surface area contributed by atoms with Gasteiger partial charge in [0.15, 0.2) is 0 Å². The van der Waals surface area contributed by atoms with E-state index in [0.29, 0.717) is 24.1 Å². The number of nitrogens with one attached hydrogen (secondary N) is 1. The summed E-state index contributed by atoms with van der Waals surface area (Å²) in [7, 11) is 0. The number of amides is 2. The first kappa shape index (κ1) is 14.2. The van der Waals surface area contributed by atoms with Crippen molar-refractivity contribution in [3.05, 3.63) is 59.2 Å². The number of pyridine rings is 2. The van der Waals surface area contributed by atoms with Crippen LogP contribution in [0.5, 0.6) is 0 Å². The number of primary amides is 1. The minimum Gasteiger partial charge on any atom is -0.366 e. The Morgan fingerprint density at radius 3 is 2.82 bits per heavy atom. The monoisotopic (exact) mass is 296 g/mol. The molecule has 1 aliphatic rings. The van der Waals surface area contributed by atoms with Gasteiger partial charge in [-0.15, -0.1) is 0 Å². The topological polar surface area (TPSA) is 98.0 Å². The van der Waals surface area contributed by atoms with Crippen molar-refractivity contribution in [1.82, 2.24) is 15.3 Å². The fourth-order valence-electron chi connectivity index (χ4n) is 2.58. The predicted molar refractivity (Wildman–Crippen MR) is 79.9 cm³/mol. The molecule has 1 saturated heterocycles. The minimum atomic E-state index is -0.485. The van der Waals surface area contributed by atoms with E-state index in [0.717, 1.165) is 17.7 Å². The molecule has 0 bridgehead atoms. The average molecular weight is 296 g/mol. The second-order valence-corrected chi connectivity index (χ2v) is 5.29. The summed E-state index contributed by atoms with van der Waals surface area (Å²) in [4.78, 5) is 31.3. The Hall–Kier alpha value is -2.76. The molecule has 0 radical (unpaired) electrons. The van der Waals surface area contributed by atoms with Gasteiger partial charge in [0.2, 0.25) is 5.91 Å². The zero-order chi connectivity index (χ0) is 15.5. The van der Waals surface area contributed by atoms with E-state index in [4.69, 9.17) is 5.73 Å². The second-order valence-electron chi connectivity index (χ2n) is 5.29. The smallest absolute Gasteiger partial charge is 0.250 e. The highest BCUT2D eigenvalue weighted by atomic mass is 16.2. The number of rotatable bonds is 4. The third-order valence-electron chi connectivity index (χ3n) is 3.73. The Morgan fingerprint density at radius 1 is 1.32 bits per heavy atom. The number of aromatic nitrogens is 2. The summed E-state index contributed by atoms with van der Waals surface area (Å²) >= 11 is 0. The molecular weight excluding hydrogens is 280 g/mol. The largest absolute Gasteiger partial charge is 0.366 e. The fraction of sp³-hybridized carbons (Fsp3) is 0.250. The van der Waals surface area contributed by atoms with Crippen LogP contribution < -0.4 is 11.1 Å². The molecule has 112 valence electrons. The standard InChI is InChI=1S/C16H16N4O2/c17-16(22)11-2-1-7-18-14(11)8-10-3-4-12(19-9-10)13-5-6-15(21)20-13/h1-4,7,9,13H,5-6,8H2,(H2,17,22)(H,20,21). The molecule has 0 aromatic carbocycles. The van der Waals surface area contributed by atoms with E-state index >= 15 is 0 Å². The van der Waals surface area contributed by atoms with Crippen LogP contribution in [-0.2, 0) is 11.2 Å². The van der Waals surface area contributed by atoms with E-state index in [9.17, 15) is 9.59 Å². The summed E-state index contributed by atoms with van der Waals surface area (Å²) < 4.78 is 0. The summed E-state index contributed by atoms with van der Waals surface area (Å²) in [6.07, 6.45) is 5.20. The van der Waals surface area contributed by atoms with Crippen LogP contribution in [0.1, 0.15) is 46.2 Å². The molecule has 1 aliphatic heterocycles. The second kappa shape index (κ2) is 5.93. The van der Waals surface area contributed by atoms with E-state index in [1.807, 2.05) is 12.1 Å². The molecule has 0 aliphatic carbocycles. The Kier molecular flexibility index (Phi) is 3.82. The molecule has 22 heavy (non-hydrogen) atoms. The molecular formula is C16H16N4O2. The quantitative estimate of drug-likeness (QED) is 0.883. The molecule has 2 aromatic rings. The molecule has 2 aromatic heterocycles. The summed E-state index contributed by atoms with van der Waals surface area (Å²) in [6.45, 7) is 0. The summed E-state index contributed by atoms with van der Waals surface area (Å²) in [6, 6.07) is 7.19. The van der Waals surface area contributed by atoms with Crippen LogP contribution in [0, 0.1) is 0 Å². The third kappa shape index (κ3) is 2.95. The van der Waals surface area contributed by atoms with Gasteiger partial charge in [-0.1, -0.05) is 6.07 Å². The lowest BCUT2D eigenvalue weighted by Crippen LogP contribution is -2.19. The zero-order valence-corrected chi connectivity index (χ0v) is 12.0. The van der Waals surface area contributed by atoms with Gasteiger partial charge in [0, 0.05) is 25.2 Å². The fourth-order valence-corrected chi connectivity index (χ4v) is 2.58. The van der Waals surface area contributed by atoms with Crippen molar-refractivity contribution in [3.63, 3.8) is 0 Å². The molecule has 6 heteroatoms. The van der Waals surface area contributed by atoms with Gasteiger partial charge in [0.25, 0.3) is 5.91 Å². The first-order valence-corrected chi connectivity index (χ1v) is 7.11. The van der Waals surface area contributed by atoms with Gasteiger partial charge in [0.05, 0.1) is 23.0 Å². The predicted octanol–water partition coefficient (Wildman–Crippen LogP) is 1.12. The highest BCUT2D eigenvalue weighted by molar-refractivity contribution is 5.93. The van der Waals surface area contributed by atoms with Crippen molar-refractivity contribution in [1.29, 1.82) is 0 Å². The number of hydrogen-bond donors (Lipinski definition) is 2. The van der Waals surface area contributed by atoms with Crippen LogP contribution >= 0.6 is 0 Å². The number of hydrogen-bond acceptors (Lipinski definition) is 4. The van der Waals surface area contributed by atoms with Crippen molar-refractivity contribution >= 4 is 11.8 Å². The van der Waals surface area contributed by atoms with Crippen LogP contribution in [0.15, 0.2) is 36.7 Å². The van der Waals surface area contributed by atoms with E-state index in [1.165, 1.54) is 0 Å². The van der Waals surface area contributed by atoms with Gasteiger partial charge >= 0.3 is 0 Å². The van der Waals surface area contributed by atoms with Crippen molar-refractivity contribution in [2.24, 2.45) is 5.73 Å². The molecule has 0 saturated carbocycles. The van der Waals surface area contributed by atoms with Gasteiger partial charge in [-0.25, -0.2) is 0 Å². The molecule has 3 heterocycles. The lowest BCUT2D eigenvalue weighted by atomic mass is 10.0. The maximum atomic E-state index is 11.4. The Labute approximate surface area is 127 Å². The van der Waals surface area contributed by atoms with Gasteiger partial charge in [-0.2, -0.15) is 0 Å². The molecule has 1 atom stereocenters. The van der Waals surface area contributed by atoms with Crippen LogP contribution in [0.4, 0.5) is 0 Å². The molecule has 3 N–H and O–H groups in total. The highest BCUT2D eigenvalue weighted by Gasteiger charge is 2.23.